The maximum Gasteiger partial charge on any atom is 0.191 e. The highest BCUT2D eigenvalue weighted by molar-refractivity contribution is 14.0. The first-order chi connectivity index (χ1) is 10.3. The largest absolute Gasteiger partial charge is 0.357 e. The van der Waals surface area contributed by atoms with Crippen molar-refractivity contribution in [3.05, 3.63) is 48.3 Å². The van der Waals surface area contributed by atoms with Crippen molar-refractivity contribution in [3.8, 4) is 5.69 Å². The number of aliphatic imine (C=N–C) groups is 1. The zero-order valence-electron chi connectivity index (χ0n) is 13.1. The van der Waals surface area contributed by atoms with Gasteiger partial charge in [-0.3, -0.25) is 4.99 Å². The van der Waals surface area contributed by atoms with Crippen LogP contribution in [0.5, 0.6) is 0 Å². The summed E-state index contributed by atoms with van der Waals surface area (Å²) in [6.07, 6.45) is 4.85. The molecule has 22 heavy (non-hydrogen) atoms. The molecule has 0 spiro atoms. The van der Waals surface area contributed by atoms with E-state index >= 15 is 0 Å². The second-order valence-corrected chi connectivity index (χ2v) is 4.67. The lowest BCUT2D eigenvalue weighted by molar-refractivity contribution is 0.833. The van der Waals surface area contributed by atoms with Crippen LogP contribution in [0.1, 0.15) is 19.4 Å². The molecule has 1 heterocycles. The first-order valence-electron chi connectivity index (χ1n) is 7.44. The van der Waals surface area contributed by atoms with Crippen LogP contribution in [0.25, 0.3) is 5.69 Å². The summed E-state index contributed by atoms with van der Waals surface area (Å²) in [5.74, 6) is 0.871. The Balaban J connectivity index is 0.00000242. The van der Waals surface area contributed by atoms with Crippen molar-refractivity contribution >= 4 is 29.9 Å². The van der Waals surface area contributed by atoms with Gasteiger partial charge in [-0.2, -0.15) is 5.10 Å². The molecule has 2 rings (SSSR count). The van der Waals surface area contributed by atoms with Crippen molar-refractivity contribution in [2.75, 3.05) is 19.6 Å². The molecule has 0 saturated carbocycles. The Labute approximate surface area is 149 Å². The van der Waals surface area contributed by atoms with Gasteiger partial charge in [-0.15, -0.1) is 24.0 Å². The van der Waals surface area contributed by atoms with Crippen LogP contribution < -0.4 is 10.6 Å². The average molecular weight is 413 g/mol. The lowest BCUT2D eigenvalue weighted by Gasteiger charge is -2.08. The van der Waals surface area contributed by atoms with Gasteiger partial charge < -0.3 is 10.6 Å². The van der Waals surface area contributed by atoms with Crippen molar-refractivity contribution in [2.24, 2.45) is 4.99 Å². The Hall–Kier alpha value is -1.57. The van der Waals surface area contributed by atoms with Crippen molar-refractivity contribution in [2.45, 2.75) is 20.3 Å². The van der Waals surface area contributed by atoms with Crippen molar-refractivity contribution in [3.63, 3.8) is 0 Å². The van der Waals surface area contributed by atoms with Gasteiger partial charge in [0.1, 0.15) is 0 Å². The summed E-state index contributed by atoms with van der Waals surface area (Å²) >= 11 is 0. The summed E-state index contributed by atoms with van der Waals surface area (Å²) in [6, 6.07) is 10.1. The fourth-order valence-electron chi connectivity index (χ4n) is 2.02. The normalized spacial score (nSPS) is 9.73. The summed E-state index contributed by atoms with van der Waals surface area (Å²) < 4.78 is 1.90. The average Bonchev–Trinajstić information content (AvgIpc) is 2.97. The molecule has 1 aromatic carbocycles. The third kappa shape index (κ3) is 5.67. The topological polar surface area (TPSA) is 54.2 Å². The molecular weight excluding hydrogens is 389 g/mol. The maximum atomic E-state index is 4.54. The Bertz CT molecular complexity index is 557. The van der Waals surface area contributed by atoms with Gasteiger partial charge in [0.05, 0.1) is 11.9 Å². The molecule has 0 aliphatic heterocycles. The van der Waals surface area contributed by atoms with E-state index in [1.54, 1.807) is 0 Å². The Morgan fingerprint density at radius 3 is 2.45 bits per heavy atom. The zero-order chi connectivity index (χ0) is 14.9. The van der Waals surface area contributed by atoms with E-state index in [4.69, 9.17) is 0 Å². The molecule has 120 valence electrons. The molecule has 6 heteroatoms. The predicted octanol–water partition coefficient (Wildman–Crippen LogP) is 2.61. The fourth-order valence-corrected chi connectivity index (χ4v) is 2.02. The minimum absolute atomic E-state index is 0. The summed E-state index contributed by atoms with van der Waals surface area (Å²) in [4.78, 5) is 4.54. The van der Waals surface area contributed by atoms with Crippen molar-refractivity contribution in [1.29, 1.82) is 0 Å². The number of para-hydroxylation sites is 1. The van der Waals surface area contributed by atoms with Gasteiger partial charge in [-0.05, 0) is 38.0 Å². The second kappa shape index (κ2) is 10.2. The molecular formula is C16H24IN5. The monoisotopic (exact) mass is 413 g/mol. The molecule has 0 radical (unpaired) electrons. The molecule has 0 aliphatic carbocycles. The molecule has 5 nitrogen and oxygen atoms in total. The number of guanidine groups is 1. The second-order valence-electron chi connectivity index (χ2n) is 4.67. The van der Waals surface area contributed by atoms with E-state index in [2.05, 4.69) is 40.8 Å². The predicted molar refractivity (Wildman–Crippen MR) is 102 cm³/mol. The lowest BCUT2D eigenvalue weighted by Crippen LogP contribution is -2.37. The molecule has 0 atom stereocenters. The van der Waals surface area contributed by atoms with Crippen LogP contribution in [-0.4, -0.2) is 35.4 Å². The van der Waals surface area contributed by atoms with E-state index in [-0.39, 0.29) is 24.0 Å². The van der Waals surface area contributed by atoms with Gasteiger partial charge in [0.2, 0.25) is 0 Å². The number of rotatable bonds is 6. The summed E-state index contributed by atoms with van der Waals surface area (Å²) in [5, 5.41) is 10.8. The Kier molecular flexibility index (Phi) is 8.57. The number of halogens is 1. The quantitative estimate of drug-likeness (QED) is 0.435. The van der Waals surface area contributed by atoms with Crippen LogP contribution in [0.15, 0.2) is 47.7 Å². The first kappa shape index (κ1) is 18.5. The van der Waals surface area contributed by atoms with E-state index in [0.717, 1.165) is 37.7 Å². The highest BCUT2D eigenvalue weighted by Gasteiger charge is 2.01. The van der Waals surface area contributed by atoms with Crippen LogP contribution in [-0.2, 0) is 6.42 Å². The van der Waals surface area contributed by atoms with Crippen molar-refractivity contribution < 1.29 is 0 Å². The number of nitrogens with zero attached hydrogens (tertiary/aromatic N) is 3. The van der Waals surface area contributed by atoms with Gasteiger partial charge in [-0.1, -0.05) is 18.2 Å². The fraction of sp³-hybridized carbons (Fsp3) is 0.375. The third-order valence-electron chi connectivity index (χ3n) is 3.02. The molecule has 2 aromatic rings. The van der Waals surface area contributed by atoms with Crippen LogP contribution in [0.4, 0.5) is 0 Å². The van der Waals surface area contributed by atoms with Gasteiger partial charge in [0, 0.05) is 25.8 Å². The van der Waals surface area contributed by atoms with E-state index in [0.29, 0.717) is 0 Å². The van der Waals surface area contributed by atoms with Crippen LogP contribution in [0, 0.1) is 0 Å². The molecule has 0 amide bonds. The molecule has 1 aromatic heterocycles. The number of nitrogens with one attached hydrogen (secondary N) is 2. The van der Waals surface area contributed by atoms with E-state index in [1.165, 1.54) is 5.56 Å². The highest BCUT2D eigenvalue weighted by Crippen LogP contribution is 2.08. The highest BCUT2D eigenvalue weighted by atomic mass is 127. The van der Waals surface area contributed by atoms with Gasteiger partial charge in [0.15, 0.2) is 5.96 Å². The number of aromatic nitrogens is 2. The third-order valence-corrected chi connectivity index (χ3v) is 3.02. The standard InChI is InChI=1S/C16H23N5.HI/c1-3-17-16(18-4-2)19-11-10-14-12-20-21(13-14)15-8-6-5-7-9-15;/h5-9,12-13H,3-4,10-11H2,1-2H3,(H2,17,18,19);1H. The zero-order valence-corrected chi connectivity index (χ0v) is 15.5. The van der Waals surface area contributed by atoms with E-state index in [9.17, 15) is 0 Å². The van der Waals surface area contributed by atoms with Gasteiger partial charge >= 0.3 is 0 Å². The minimum atomic E-state index is 0. The maximum absolute atomic E-state index is 4.54. The number of benzene rings is 1. The van der Waals surface area contributed by atoms with E-state index < -0.39 is 0 Å². The SMILES string of the molecule is CCNC(=NCCc1cnn(-c2ccccc2)c1)NCC.I. The molecule has 0 aliphatic rings. The molecule has 0 saturated heterocycles. The Morgan fingerprint density at radius 2 is 1.82 bits per heavy atom. The minimum Gasteiger partial charge on any atom is -0.357 e. The Morgan fingerprint density at radius 1 is 1.14 bits per heavy atom. The summed E-state index contributed by atoms with van der Waals surface area (Å²) in [6.45, 7) is 6.62. The molecule has 2 N–H and O–H groups in total. The van der Waals surface area contributed by atoms with Crippen LogP contribution in [0.2, 0.25) is 0 Å². The summed E-state index contributed by atoms with van der Waals surface area (Å²) in [7, 11) is 0. The van der Waals surface area contributed by atoms with E-state index in [1.807, 2.05) is 41.2 Å². The molecule has 0 bridgehead atoms. The molecule has 0 fully saturated rings. The lowest BCUT2D eigenvalue weighted by atomic mass is 10.2. The van der Waals surface area contributed by atoms with Crippen LogP contribution >= 0.6 is 24.0 Å². The van der Waals surface area contributed by atoms with Gasteiger partial charge in [-0.25, -0.2) is 4.68 Å². The first-order valence-corrected chi connectivity index (χ1v) is 7.44. The summed E-state index contributed by atoms with van der Waals surface area (Å²) in [5.41, 5.74) is 2.27. The van der Waals surface area contributed by atoms with Crippen LogP contribution in [0.3, 0.4) is 0 Å². The number of hydrogen-bond donors (Lipinski definition) is 2. The smallest absolute Gasteiger partial charge is 0.191 e. The van der Waals surface area contributed by atoms with Gasteiger partial charge in [0.25, 0.3) is 0 Å². The van der Waals surface area contributed by atoms with Crippen molar-refractivity contribution in [1.82, 2.24) is 20.4 Å². The number of hydrogen-bond acceptors (Lipinski definition) is 2. The molecule has 0 unspecified atom stereocenters.